The van der Waals surface area contributed by atoms with Crippen LogP contribution in [0.15, 0.2) is 24.3 Å². The second-order valence-electron chi connectivity index (χ2n) is 2.65. The smallest absolute Gasteiger partial charge is 0.129 e. The molecule has 0 saturated carbocycles. The first-order valence-corrected chi connectivity index (χ1v) is 4.00. The summed E-state index contributed by atoms with van der Waals surface area (Å²) in [6.45, 7) is 0. The summed E-state index contributed by atoms with van der Waals surface area (Å²) in [7, 11) is 1.46. The summed E-state index contributed by atoms with van der Waals surface area (Å²) in [4.78, 5) is 10.3. The van der Waals surface area contributed by atoms with Gasteiger partial charge >= 0.3 is 0 Å². The minimum atomic E-state index is -0.473. The molecule has 0 aliphatic carbocycles. The van der Waals surface area contributed by atoms with Gasteiger partial charge in [0.05, 0.1) is 6.10 Å². The average Bonchev–Trinajstić information content (AvgIpc) is 2.16. The molecule has 70 valence electrons. The number of halogens is 1. The molecule has 0 saturated heterocycles. The summed E-state index contributed by atoms with van der Waals surface area (Å²) in [5.41, 5.74) is 0.428. The highest BCUT2D eigenvalue weighted by atomic mass is 19.1. The Labute approximate surface area is 76.3 Å². The van der Waals surface area contributed by atoms with E-state index in [-0.39, 0.29) is 12.2 Å². The number of rotatable bonds is 4. The molecule has 3 heteroatoms. The minimum absolute atomic E-state index is 0.178. The molecular formula is C10H11FO2. The third-order valence-electron chi connectivity index (χ3n) is 1.85. The maximum atomic E-state index is 13.2. The van der Waals surface area contributed by atoms with E-state index in [9.17, 15) is 9.18 Å². The van der Waals surface area contributed by atoms with Gasteiger partial charge in [-0.25, -0.2) is 4.39 Å². The van der Waals surface area contributed by atoms with Crippen LogP contribution in [0.3, 0.4) is 0 Å². The van der Waals surface area contributed by atoms with Crippen LogP contribution in [-0.2, 0) is 9.53 Å². The van der Waals surface area contributed by atoms with Crippen molar-refractivity contribution >= 4 is 6.29 Å². The lowest BCUT2D eigenvalue weighted by molar-refractivity contribution is -0.110. The van der Waals surface area contributed by atoms with E-state index in [4.69, 9.17) is 4.74 Å². The number of ether oxygens (including phenoxy) is 1. The van der Waals surface area contributed by atoms with Gasteiger partial charge in [0.1, 0.15) is 12.1 Å². The molecule has 1 unspecified atom stereocenters. The van der Waals surface area contributed by atoms with E-state index >= 15 is 0 Å². The standard InChI is InChI=1S/C10H11FO2/c1-13-10(6-7-12)8-4-2-3-5-9(8)11/h2-5,7,10H,6H2,1H3. The Kier molecular flexibility index (Phi) is 3.58. The Balaban J connectivity index is 2.90. The molecule has 0 aliphatic rings. The van der Waals surface area contributed by atoms with Crippen molar-refractivity contribution in [1.82, 2.24) is 0 Å². The second-order valence-corrected chi connectivity index (χ2v) is 2.65. The van der Waals surface area contributed by atoms with E-state index in [2.05, 4.69) is 0 Å². The Morgan fingerprint density at radius 2 is 2.23 bits per heavy atom. The van der Waals surface area contributed by atoms with E-state index in [0.29, 0.717) is 5.56 Å². The Morgan fingerprint density at radius 1 is 1.54 bits per heavy atom. The molecule has 0 N–H and O–H groups in total. The SMILES string of the molecule is COC(CC=O)c1ccccc1F. The van der Waals surface area contributed by atoms with Crippen LogP contribution in [-0.4, -0.2) is 13.4 Å². The number of aldehydes is 1. The molecule has 0 aliphatic heterocycles. The number of hydrogen-bond acceptors (Lipinski definition) is 2. The molecule has 1 rings (SSSR count). The predicted octanol–water partition coefficient (Wildman–Crippen LogP) is 2.10. The van der Waals surface area contributed by atoms with Gasteiger partial charge in [-0.1, -0.05) is 18.2 Å². The topological polar surface area (TPSA) is 26.3 Å². The lowest BCUT2D eigenvalue weighted by Gasteiger charge is -2.12. The molecule has 1 atom stereocenters. The number of hydrogen-bond donors (Lipinski definition) is 0. The molecule has 0 radical (unpaired) electrons. The monoisotopic (exact) mass is 182 g/mol. The second kappa shape index (κ2) is 4.72. The van der Waals surface area contributed by atoms with Crippen molar-refractivity contribution in [2.24, 2.45) is 0 Å². The number of benzene rings is 1. The normalized spacial score (nSPS) is 12.5. The van der Waals surface area contributed by atoms with Gasteiger partial charge in [-0.05, 0) is 6.07 Å². The van der Waals surface area contributed by atoms with Crippen molar-refractivity contribution in [2.45, 2.75) is 12.5 Å². The summed E-state index contributed by atoms with van der Waals surface area (Å²) in [5, 5.41) is 0. The van der Waals surface area contributed by atoms with Gasteiger partial charge in [-0.3, -0.25) is 0 Å². The predicted molar refractivity (Wildman–Crippen MR) is 46.8 cm³/mol. The molecule has 0 bridgehead atoms. The van der Waals surface area contributed by atoms with Crippen LogP contribution in [0.4, 0.5) is 4.39 Å². The zero-order valence-corrected chi connectivity index (χ0v) is 7.37. The molecule has 0 amide bonds. The van der Waals surface area contributed by atoms with Crippen molar-refractivity contribution in [3.63, 3.8) is 0 Å². The summed E-state index contributed by atoms with van der Waals surface area (Å²) in [6.07, 6.45) is 0.427. The number of methoxy groups -OCH3 is 1. The van der Waals surface area contributed by atoms with Gasteiger partial charge in [-0.15, -0.1) is 0 Å². The Morgan fingerprint density at radius 3 is 2.77 bits per heavy atom. The zero-order valence-electron chi connectivity index (χ0n) is 7.37. The van der Waals surface area contributed by atoms with Crippen molar-refractivity contribution < 1.29 is 13.9 Å². The van der Waals surface area contributed by atoms with Gasteiger partial charge < -0.3 is 9.53 Å². The molecule has 1 aromatic carbocycles. The third kappa shape index (κ3) is 2.36. The van der Waals surface area contributed by atoms with Crippen LogP contribution in [0.5, 0.6) is 0 Å². The van der Waals surface area contributed by atoms with Crippen LogP contribution < -0.4 is 0 Å². The quantitative estimate of drug-likeness (QED) is 0.666. The van der Waals surface area contributed by atoms with Crippen LogP contribution in [0.2, 0.25) is 0 Å². The number of carbonyl (C=O) groups excluding carboxylic acids is 1. The fourth-order valence-electron chi connectivity index (χ4n) is 1.17. The van der Waals surface area contributed by atoms with Gasteiger partial charge in [-0.2, -0.15) is 0 Å². The third-order valence-corrected chi connectivity index (χ3v) is 1.85. The highest BCUT2D eigenvalue weighted by Crippen LogP contribution is 2.21. The largest absolute Gasteiger partial charge is 0.376 e. The van der Waals surface area contributed by atoms with Crippen molar-refractivity contribution in [1.29, 1.82) is 0 Å². The lowest BCUT2D eigenvalue weighted by atomic mass is 10.1. The molecular weight excluding hydrogens is 171 g/mol. The number of carbonyl (C=O) groups is 1. The van der Waals surface area contributed by atoms with Gasteiger partial charge in [0, 0.05) is 19.1 Å². The van der Waals surface area contributed by atoms with E-state index in [0.717, 1.165) is 6.29 Å². The van der Waals surface area contributed by atoms with Crippen LogP contribution >= 0.6 is 0 Å². The average molecular weight is 182 g/mol. The molecule has 0 aromatic heterocycles. The molecule has 0 fully saturated rings. The summed E-state index contributed by atoms with van der Waals surface area (Å²) in [6, 6.07) is 6.29. The summed E-state index contributed by atoms with van der Waals surface area (Å²) in [5.74, 6) is -0.337. The van der Waals surface area contributed by atoms with E-state index in [1.165, 1.54) is 13.2 Å². The van der Waals surface area contributed by atoms with Crippen LogP contribution in [0.25, 0.3) is 0 Å². The summed E-state index contributed by atoms with van der Waals surface area (Å²) >= 11 is 0. The first-order chi connectivity index (χ1) is 6.29. The highest BCUT2D eigenvalue weighted by Gasteiger charge is 2.13. The summed E-state index contributed by atoms with van der Waals surface area (Å²) < 4.78 is 18.1. The van der Waals surface area contributed by atoms with Gasteiger partial charge in [0.15, 0.2) is 0 Å². The molecule has 0 heterocycles. The Hall–Kier alpha value is -1.22. The van der Waals surface area contributed by atoms with Gasteiger partial charge in [0.25, 0.3) is 0 Å². The van der Waals surface area contributed by atoms with Crippen LogP contribution in [0, 0.1) is 5.82 Å². The molecule has 2 nitrogen and oxygen atoms in total. The van der Waals surface area contributed by atoms with Gasteiger partial charge in [0.2, 0.25) is 0 Å². The first kappa shape index (κ1) is 9.86. The maximum Gasteiger partial charge on any atom is 0.129 e. The minimum Gasteiger partial charge on any atom is -0.376 e. The molecule has 1 aromatic rings. The van der Waals surface area contributed by atoms with Crippen LogP contribution in [0.1, 0.15) is 18.1 Å². The maximum absolute atomic E-state index is 13.2. The Bertz CT molecular complexity index is 286. The van der Waals surface area contributed by atoms with Crippen molar-refractivity contribution in [2.75, 3.05) is 7.11 Å². The highest BCUT2D eigenvalue weighted by molar-refractivity contribution is 5.51. The van der Waals surface area contributed by atoms with Crippen molar-refractivity contribution in [3.05, 3.63) is 35.6 Å². The van der Waals surface area contributed by atoms with E-state index < -0.39 is 6.10 Å². The van der Waals surface area contributed by atoms with E-state index in [1.807, 2.05) is 0 Å². The fraction of sp³-hybridized carbons (Fsp3) is 0.300. The lowest BCUT2D eigenvalue weighted by Crippen LogP contribution is -2.04. The van der Waals surface area contributed by atoms with E-state index in [1.54, 1.807) is 18.2 Å². The van der Waals surface area contributed by atoms with Crippen molar-refractivity contribution in [3.8, 4) is 0 Å². The fourth-order valence-corrected chi connectivity index (χ4v) is 1.17. The zero-order chi connectivity index (χ0) is 9.68. The first-order valence-electron chi connectivity index (χ1n) is 4.00. The molecule has 13 heavy (non-hydrogen) atoms. The molecule has 0 spiro atoms.